The number of rotatable bonds is 5. The second-order valence-electron chi connectivity index (χ2n) is 5.69. The Morgan fingerprint density at radius 3 is 2.67 bits per heavy atom. The van der Waals surface area contributed by atoms with Gasteiger partial charge in [-0.2, -0.15) is 0 Å². The zero-order chi connectivity index (χ0) is 13.8. The van der Waals surface area contributed by atoms with E-state index < -0.39 is 0 Å². The van der Waals surface area contributed by atoms with Gasteiger partial charge in [0.05, 0.1) is 6.04 Å². The number of benzene rings is 1. The number of nitrogens with one attached hydrogen (secondary N) is 1. The SMILES string of the molecule is Cc1cccc([C@H](C)NC(=O)CCC(C)(C)N)c1. The largest absolute Gasteiger partial charge is 0.350 e. The Kier molecular flexibility index (Phi) is 4.91. The molecule has 1 aromatic carbocycles. The molecule has 0 unspecified atom stereocenters. The first-order valence-electron chi connectivity index (χ1n) is 6.43. The van der Waals surface area contributed by atoms with Crippen LogP contribution in [0.4, 0.5) is 0 Å². The van der Waals surface area contributed by atoms with Gasteiger partial charge in [-0.25, -0.2) is 0 Å². The topological polar surface area (TPSA) is 55.1 Å². The molecule has 100 valence electrons. The molecule has 3 heteroatoms. The van der Waals surface area contributed by atoms with Crippen molar-refractivity contribution >= 4 is 5.91 Å². The Morgan fingerprint density at radius 2 is 2.11 bits per heavy atom. The van der Waals surface area contributed by atoms with Crippen molar-refractivity contribution in [3.63, 3.8) is 0 Å². The summed E-state index contributed by atoms with van der Waals surface area (Å²) in [4.78, 5) is 11.8. The van der Waals surface area contributed by atoms with Crippen molar-refractivity contribution in [3.05, 3.63) is 35.4 Å². The van der Waals surface area contributed by atoms with Crippen LogP contribution in [0, 0.1) is 6.92 Å². The maximum absolute atomic E-state index is 11.8. The minimum absolute atomic E-state index is 0.0401. The quantitative estimate of drug-likeness (QED) is 0.841. The number of hydrogen-bond donors (Lipinski definition) is 2. The van der Waals surface area contributed by atoms with Gasteiger partial charge in [0, 0.05) is 12.0 Å². The maximum Gasteiger partial charge on any atom is 0.220 e. The minimum Gasteiger partial charge on any atom is -0.350 e. The van der Waals surface area contributed by atoms with Gasteiger partial charge in [-0.05, 0) is 39.7 Å². The van der Waals surface area contributed by atoms with Crippen LogP contribution < -0.4 is 11.1 Å². The molecule has 0 heterocycles. The molecule has 0 aliphatic heterocycles. The monoisotopic (exact) mass is 248 g/mol. The summed E-state index contributed by atoms with van der Waals surface area (Å²) in [6, 6.07) is 8.23. The first kappa shape index (κ1) is 14.7. The van der Waals surface area contributed by atoms with Gasteiger partial charge in [-0.15, -0.1) is 0 Å². The number of amides is 1. The van der Waals surface area contributed by atoms with E-state index in [1.807, 2.05) is 32.9 Å². The number of nitrogens with two attached hydrogens (primary N) is 1. The van der Waals surface area contributed by atoms with Crippen LogP contribution in [0.3, 0.4) is 0 Å². The fraction of sp³-hybridized carbons (Fsp3) is 0.533. The van der Waals surface area contributed by atoms with Crippen LogP contribution in [0.2, 0.25) is 0 Å². The smallest absolute Gasteiger partial charge is 0.220 e. The summed E-state index contributed by atoms with van der Waals surface area (Å²) in [7, 11) is 0. The Balaban J connectivity index is 2.50. The summed E-state index contributed by atoms with van der Waals surface area (Å²) >= 11 is 0. The van der Waals surface area contributed by atoms with Crippen molar-refractivity contribution in [2.75, 3.05) is 0 Å². The molecule has 1 amide bonds. The van der Waals surface area contributed by atoms with Crippen LogP contribution >= 0.6 is 0 Å². The second kappa shape index (κ2) is 6.01. The van der Waals surface area contributed by atoms with Gasteiger partial charge in [0.1, 0.15) is 0 Å². The maximum atomic E-state index is 11.8. The lowest BCUT2D eigenvalue weighted by atomic mass is 9.99. The highest BCUT2D eigenvalue weighted by molar-refractivity contribution is 5.76. The molecule has 0 aromatic heterocycles. The molecule has 0 aliphatic rings. The summed E-state index contributed by atoms with van der Waals surface area (Å²) in [5.41, 5.74) is 7.92. The van der Waals surface area contributed by atoms with Crippen LogP contribution in [0.1, 0.15) is 50.8 Å². The summed E-state index contributed by atoms with van der Waals surface area (Å²) in [5.74, 6) is 0.0579. The molecule has 1 atom stereocenters. The average Bonchev–Trinajstić information content (AvgIpc) is 2.25. The van der Waals surface area contributed by atoms with Gasteiger partial charge >= 0.3 is 0 Å². The van der Waals surface area contributed by atoms with E-state index in [0.29, 0.717) is 12.8 Å². The lowest BCUT2D eigenvalue weighted by Crippen LogP contribution is -2.35. The zero-order valence-corrected chi connectivity index (χ0v) is 11.8. The van der Waals surface area contributed by atoms with Crippen molar-refractivity contribution in [2.24, 2.45) is 5.73 Å². The van der Waals surface area contributed by atoms with Crippen molar-refractivity contribution in [1.29, 1.82) is 0 Å². The van der Waals surface area contributed by atoms with Crippen molar-refractivity contribution in [1.82, 2.24) is 5.32 Å². The van der Waals surface area contributed by atoms with E-state index in [-0.39, 0.29) is 17.5 Å². The van der Waals surface area contributed by atoms with E-state index in [0.717, 1.165) is 5.56 Å². The molecule has 0 saturated heterocycles. The molecule has 0 saturated carbocycles. The number of hydrogen-bond acceptors (Lipinski definition) is 2. The molecule has 0 aliphatic carbocycles. The summed E-state index contributed by atoms with van der Waals surface area (Å²) < 4.78 is 0. The predicted molar refractivity (Wildman–Crippen MR) is 75.2 cm³/mol. The highest BCUT2D eigenvalue weighted by Crippen LogP contribution is 2.14. The van der Waals surface area contributed by atoms with E-state index in [1.165, 1.54) is 5.56 Å². The Labute approximate surface area is 110 Å². The van der Waals surface area contributed by atoms with E-state index in [9.17, 15) is 4.79 Å². The van der Waals surface area contributed by atoms with Crippen LogP contribution in [0.5, 0.6) is 0 Å². The fourth-order valence-corrected chi connectivity index (χ4v) is 1.77. The molecule has 0 spiro atoms. The predicted octanol–water partition coefficient (Wildman–Crippen LogP) is 2.69. The van der Waals surface area contributed by atoms with Crippen LogP contribution in [0.25, 0.3) is 0 Å². The molecule has 18 heavy (non-hydrogen) atoms. The minimum atomic E-state index is -0.288. The van der Waals surface area contributed by atoms with Crippen molar-refractivity contribution in [3.8, 4) is 0 Å². The molecule has 0 radical (unpaired) electrons. The van der Waals surface area contributed by atoms with Gasteiger partial charge in [0.2, 0.25) is 5.91 Å². The van der Waals surface area contributed by atoms with E-state index in [1.54, 1.807) is 0 Å². The first-order valence-corrected chi connectivity index (χ1v) is 6.43. The Bertz CT molecular complexity index is 407. The zero-order valence-electron chi connectivity index (χ0n) is 11.8. The second-order valence-corrected chi connectivity index (χ2v) is 5.69. The fourth-order valence-electron chi connectivity index (χ4n) is 1.77. The molecule has 1 aromatic rings. The third-order valence-electron chi connectivity index (χ3n) is 2.92. The van der Waals surface area contributed by atoms with Crippen LogP contribution in [0.15, 0.2) is 24.3 Å². The van der Waals surface area contributed by atoms with E-state index in [4.69, 9.17) is 5.73 Å². The molecule has 0 bridgehead atoms. The molecule has 3 N–H and O–H groups in total. The lowest BCUT2D eigenvalue weighted by molar-refractivity contribution is -0.122. The Morgan fingerprint density at radius 1 is 1.44 bits per heavy atom. The number of carbonyl (C=O) groups excluding carboxylic acids is 1. The standard InChI is InChI=1S/C15H24N2O/c1-11-6-5-7-13(10-11)12(2)17-14(18)8-9-15(3,4)16/h5-7,10,12H,8-9,16H2,1-4H3,(H,17,18)/t12-/m0/s1. The molecule has 0 fully saturated rings. The lowest BCUT2D eigenvalue weighted by Gasteiger charge is -2.19. The van der Waals surface area contributed by atoms with Gasteiger partial charge in [-0.1, -0.05) is 29.8 Å². The molecule has 1 rings (SSSR count). The number of carbonyl (C=O) groups is 1. The van der Waals surface area contributed by atoms with Gasteiger partial charge in [0.25, 0.3) is 0 Å². The summed E-state index contributed by atoms with van der Waals surface area (Å²) in [6.07, 6.45) is 1.17. The van der Waals surface area contributed by atoms with E-state index >= 15 is 0 Å². The summed E-state index contributed by atoms with van der Waals surface area (Å²) in [6.45, 7) is 7.92. The average molecular weight is 248 g/mol. The van der Waals surface area contributed by atoms with Crippen LogP contribution in [-0.2, 0) is 4.79 Å². The van der Waals surface area contributed by atoms with Gasteiger partial charge in [0.15, 0.2) is 0 Å². The molecular weight excluding hydrogens is 224 g/mol. The summed E-state index contributed by atoms with van der Waals surface area (Å²) in [5, 5.41) is 3.00. The third-order valence-corrected chi connectivity index (χ3v) is 2.92. The van der Waals surface area contributed by atoms with Crippen molar-refractivity contribution in [2.45, 2.75) is 52.1 Å². The third kappa shape index (κ3) is 5.32. The van der Waals surface area contributed by atoms with Crippen molar-refractivity contribution < 1.29 is 4.79 Å². The molecular formula is C15H24N2O. The highest BCUT2D eigenvalue weighted by Gasteiger charge is 2.15. The normalized spacial score (nSPS) is 13.2. The first-order chi connectivity index (χ1) is 8.28. The molecule has 3 nitrogen and oxygen atoms in total. The van der Waals surface area contributed by atoms with Crippen LogP contribution in [-0.4, -0.2) is 11.4 Å². The highest BCUT2D eigenvalue weighted by atomic mass is 16.1. The number of aryl methyl sites for hydroxylation is 1. The van der Waals surface area contributed by atoms with E-state index in [2.05, 4.69) is 24.4 Å². The van der Waals surface area contributed by atoms with Gasteiger partial charge < -0.3 is 11.1 Å². The Hall–Kier alpha value is -1.35. The van der Waals surface area contributed by atoms with Gasteiger partial charge in [-0.3, -0.25) is 4.79 Å².